The summed E-state index contributed by atoms with van der Waals surface area (Å²) >= 11 is 6.54. The number of sulfone groups is 1. The van der Waals surface area contributed by atoms with Crippen LogP contribution in [0.4, 0.5) is 4.39 Å². The van der Waals surface area contributed by atoms with Crippen LogP contribution in [0, 0.1) is 17.7 Å². The third kappa shape index (κ3) is 34.5. The van der Waals surface area contributed by atoms with Crippen molar-refractivity contribution in [2.75, 3.05) is 205 Å². The predicted octanol–water partition coefficient (Wildman–Crippen LogP) is 0.548. The normalized spacial score (nSPS) is 14.7. The van der Waals surface area contributed by atoms with Crippen LogP contribution in [0.2, 0.25) is 5.02 Å². The first kappa shape index (κ1) is 102. The number of carbonyl (C=O) groups is 9. The predicted molar refractivity (Wildman–Crippen MR) is 449 cm³/mol. The van der Waals surface area contributed by atoms with Crippen LogP contribution in [0.1, 0.15) is 110 Å². The molecule has 0 unspecified atom stereocenters. The number of aryl methyl sites for hydroxylation is 1. The zero-order chi connectivity index (χ0) is 90.3. The van der Waals surface area contributed by atoms with Crippen LogP contribution in [-0.4, -0.2) is 303 Å². The SMILES string of the molecule is CC[C@@]1(O)C(=O)OCc2c1cc1n(c2=O)Cc2c-1nc1cc(F)c(Cl)c3c1c2[C@@H](NC(=O)COCNC(=O)CNC(=O)[C@H](Cc1ccccc1)NC(=O)CNC(=O)CNC(=O)[C@H](CCCCNC(=O)CCCC#Cc1cnc(S(C)(=O)=O)nc1)NC(=O)CCOCCOCCOCCOCCOCCOCCOCCOCCOCCOCCOCCOC)CC3. The molecule has 8 amide bonds. The first-order valence-corrected chi connectivity index (χ1v) is 44.0. The van der Waals surface area contributed by atoms with Crippen molar-refractivity contribution in [2.45, 2.75) is 120 Å². The van der Waals surface area contributed by atoms with Gasteiger partial charge in [-0.2, -0.15) is 0 Å². The highest BCUT2D eigenvalue weighted by atomic mass is 35.5. The summed E-state index contributed by atoms with van der Waals surface area (Å²) in [6, 6.07) is 8.16. The minimum absolute atomic E-state index is 0.0185. The molecule has 4 atom stereocenters. The number of ether oxygens (including phenoxy) is 14. The topological polar surface area (TPSA) is 494 Å². The van der Waals surface area contributed by atoms with E-state index in [-0.39, 0.29) is 135 Å². The van der Waals surface area contributed by atoms with Crippen molar-refractivity contribution in [3.05, 3.63) is 115 Å². The van der Waals surface area contributed by atoms with Crippen LogP contribution in [0.15, 0.2) is 64.8 Å². The molecule has 5 aromatic rings. The molecule has 8 rings (SSSR count). The number of cyclic esters (lactones) is 1. The van der Waals surface area contributed by atoms with Crippen LogP contribution in [0.25, 0.3) is 22.3 Å². The van der Waals surface area contributed by atoms with E-state index >= 15 is 4.39 Å². The fourth-order valence-corrected chi connectivity index (χ4v) is 13.9. The maximum Gasteiger partial charge on any atom is 0.343 e. The molecule has 3 aromatic heterocycles. The summed E-state index contributed by atoms with van der Waals surface area (Å²) in [6.45, 7) is 7.50. The lowest BCUT2D eigenvalue weighted by Crippen LogP contribution is -2.53. The van der Waals surface area contributed by atoms with E-state index in [1.54, 1.807) is 44.4 Å². The van der Waals surface area contributed by atoms with Gasteiger partial charge < -0.3 is 119 Å². The number of hydrogen-bond acceptors (Lipinski definition) is 30. The van der Waals surface area contributed by atoms with Crippen molar-refractivity contribution in [3.8, 4) is 23.2 Å². The Morgan fingerprint density at radius 3 is 1.73 bits per heavy atom. The number of nitrogens with one attached hydrogen (secondary N) is 8. The number of amides is 8. The molecule has 39 nitrogen and oxygen atoms in total. The molecule has 2 aliphatic heterocycles. The van der Waals surface area contributed by atoms with E-state index in [4.69, 9.17) is 82.9 Å². The largest absolute Gasteiger partial charge is 0.458 e. The Labute approximate surface area is 734 Å². The van der Waals surface area contributed by atoms with Crippen molar-refractivity contribution in [1.82, 2.24) is 62.1 Å². The van der Waals surface area contributed by atoms with Crippen molar-refractivity contribution in [2.24, 2.45) is 0 Å². The molecule has 126 heavy (non-hydrogen) atoms. The Morgan fingerprint density at radius 1 is 0.627 bits per heavy atom. The molecule has 9 N–H and O–H groups in total. The molecular formula is C84H114ClFN12O27S. The van der Waals surface area contributed by atoms with E-state index < -0.39 is 125 Å². The number of unbranched alkanes of at least 4 members (excludes halogenated alkanes) is 2. The summed E-state index contributed by atoms with van der Waals surface area (Å²) in [5.41, 5.74) is 0.905. The molecule has 5 heterocycles. The van der Waals surface area contributed by atoms with Gasteiger partial charge in [0.15, 0.2) is 5.60 Å². The minimum atomic E-state index is -3.57. The van der Waals surface area contributed by atoms with Crippen LogP contribution in [-0.2, 0) is 151 Å². The molecule has 42 heteroatoms. The van der Waals surface area contributed by atoms with E-state index in [2.05, 4.69) is 64.3 Å². The number of aromatic nitrogens is 4. The second-order valence-corrected chi connectivity index (χ2v) is 31.2. The van der Waals surface area contributed by atoms with Gasteiger partial charge in [0.05, 0.1) is 217 Å². The molecule has 0 spiro atoms. The number of methoxy groups -OCH3 is 1. The summed E-state index contributed by atoms with van der Waals surface area (Å²) < 4.78 is 116. The third-order valence-corrected chi connectivity index (χ3v) is 20.9. The van der Waals surface area contributed by atoms with Crippen molar-refractivity contribution in [1.29, 1.82) is 0 Å². The number of benzene rings is 2. The van der Waals surface area contributed by atoms with Gasteiger partial charge in [0.1, 0.15) is 37.8 Å². The van der Waals surface area contributed by atoms with Gasteiger partial charge in [-0.05, 0) is 67.7 Å². The standard InChI is InChI=1S/C84H114ClFN12O27S/c1-4-84(109)62-46-68-78-60(53-98(68)81(107)61(62)54-125-82(84)108)76-64(19-18-59-75(76)66(97-78)47-63(86)77(59)85)94-74(104)55-124-56-93-72(102)51-90-80(106)67(45-57-13-7-5-8-14-57)96-73(103)52-88-71(101)50-89-79(105)65(16-11-12-21-87-69(99)17-10-6-9-15-58-48-91-83(92-49-58)126(3,110)111)95-70(100)20-22-113-25-26-115-29-30-117-33-34-119-37-38-121-41-42-123-44-43-122-40-39-120-36-35-118-32-31-116-28-27-114-24-23-112-2/h5,7-8,13-14,46-49,64-65,67,109H,4,6,10-12,16-45,50-56H2,1-3H3,(H,87,99)(H,88,101)(H,89,105)(H,90,106)(H,93,102)(H,94,104)(H,95,100)(H,96,103)/t64-,65-,67-,84-/m0/s1. The quantitative estimate of drug-likeness (QED) is 0.00827. The Kier molecular flexibility index (Phi) is 45.0. The van der Waals surface area contributed by atoms with Gasteiger partial charge in [-0.1, -0.05) is 60.7 Å². The van der Waals surface area contributed by atoms with Crippen molar-refractivity contribution in [3.63, 3.8) is 0 Å². The Balaban J connectivity index is 0.699. The maximum absolute atomic E-state index is 15.4. The lowest BCUT2D eigenvalue weighted by Gasteiger charge is -2.31. The number of hydrogen-bond donors (Lipinski definition) is 9. The number of aliphatic hydroxyl groups is 1. The highest BCUT2D eigenvalue weighted by Gasteiger charge is 2.46. The molecular weight excluding hydrogens is 1700 g/mol. The van der Waals surface area contributed by atoms with Crippen molar-refractivity contribution < 1.29 is 127 Å². The third-order valence-electron chi connectivity index (χ3n) is 19.6. The van der Waals surface area contributed by atoms with Crippen LogP contribution in [0.3, 0.4) is 0 Å². The first-order valence-electron chi connectivity index (χ1n) is 41.7. The zero-order valence-electron chi connectivity index (χ0n) is 71.1. The summed E-state index contributed by atoms with van der Waals surface area (Å²) in [5.74, 6) is -1.12. The van der Waals surface area contributed by atoms with Crippen LogP contribution >= 0.6 is 11.6 Å². The number of nitrogens with zero attached hydrogens (tertiary/aromatic N) is 4. The Bertz CT molecular complexity index is 4630. The summed E-state index contributed by atoms with van der Waals surface area (Å²) in [5, 5.41) is 32.4. The van der Waals surface area contributed by atoms with E-state index in [1.165, 1.54) is 29.1 Å². The average Bonchev–Trinajstić information content (AvgIpc) is 1.51. The molecule has 692 valence electrons. The second-order valence-electron chi connectivity index (χ2n) is 28.9. The van der Waals surface area contributed by atoms with Gasteiger partial charge in [-0.25, -0.2) is 32.6 Å². The summed E-state index contributed by atoms with van der Waals surface area (Å²) in [6.07, 6.45) is 5.60. The minimum Gasteiger partial charge on any atom is -0.458 e. The number of fused-ring (bicyclic) bond motifs is 5. The Morgan fingerprint density at radius 2 is 1.17 bits per heavy atom. The highest BCUT2D eigenvalue weighted by molar-refractivity contribution is 7.90. The van der Waals surface area contributed by atoms with Crippen LogP contribution in [0.5, 0.6) is 0 Å². The van der Waals surface area contributed by atoms with Gasteiger partial charge in [0.25, 0.3) is 5.56 Å². The number of halogens is 2. The molecule has 0 bridgehead atoms. The molecule has 0 radical (unpaired) electrons. The molecule has 2 aromatic carbocycles. The van der Waals surface area contributed by atoms with Gasteiger partial charge in [0.2, 0.25) is 62.3 Å². The van der Waals surface area contributed by atoms with Gasteiger partial charge in [-0.3, -0.25) is 43.2 Å². The fourth-order valence-electron chi connectivity index (χ4n) is 13.2. The molecule has 0 saturated carbocycles. The fraction of sp³-hybridized carbons (Fsp3) is 0.583. The zero-order valence-corrected chi connectivity index (χ0v) is 72.7. The van der Waals surface area contributed by atoms with E-state index in [0.29, 0.717) is 184 Å². The maximum atomic E-state index is 15.4. The molecule has 0 fully saturated rings. The second kappa shape index (κ2) is 55.8. The number of rotatable bonds is 63. The summed E-state index contributed by atoms with van der Waals surface area (Å²) in [7, 11) is -1.94. The van der Waals surface area contributed by atoms with Gasteiger partial charge in [0, 0.05) is 80.6 Å². The smallest absolute Gasteiger partial charge is 0.343 e. The lowest BCUT2D eigenvalue weighted by molar-refractivity contribution is -0.172. The van der Waals surface area contributed by atoms with Crippen molar-refractivity contribution >= 4 is 85.6 Å². The first-order chi connectivity index (χ1) is 61.0. The average molecular weight is 1810 g/mol. The van der Waals surface area contributed by atoms with E-state index in [0.717, 1.165) is 6.26 Å². The highest BCUT2D eigenvalue weighted by Crippen LogP contribution is 2.47. The molecule has 3 aliphatic rings. The van der Waals surface area contributed by atoms with E-state index in [1.807, 2.05) is 0 Å². The summed E-state index contributed by atoms with van der Waals surface area (Å²) in [4.78, 5) is 146. The van der Waals surface area contributed by atoms with Gasteiger partial charge >= 0.3 is 5.97 Å². The number of pyridine rings is 2. The number of esters is 1. The van der Waals surface area contributed by atoms with E-state index in [9.17, 15) is 61.5 Å². The van der Waals surface area contributed by atoms with Gasteiger partial charge in [-0.15, -0.1) is 0 Å². The molecule has 1 aliphatic carbocycles. The lowest BCUT2D eigenvalue weighted by atomic mass is 9.83. The number of carbonyl (C=O) groups excluding carboxylic acids is 9. The Hall–Kier alpha value is -9.72. The monoisotopic (exact) mass is 1810 g/mol. The molecule has 0 saturated heterocycles. The van der Waals surface area contributed by atoms with Crippen LogP contribution < -0.4 is 48.1 Å².